The fraction of sp³-hybridized carbons (Fsp3) is 0.615. The van der Waals surface area contributed by atoms with Gasteiger partial charge in [-0.1, -0.05) is 78.8 Å². The first-order valence-corrected chi connectivity index (χ1v) is 24.0. The minimum absolute atomic E-state index is 0.00364. The molecule has 2 aromatic carbocycles. The Hall–Kier alpha value is -5.12. The molecule has 1 spiro atoms. The number of amides is 1. The van der Waals surface area contributed by atoms with E-state index in [1.54, 1.807) is 39.8 Å². The van der Waals surface area contributed by atoms with Crippen LogP contribution in [-0.4, -0.2) is 97.8 Å². The molecule has 5 aliphatic rings. The average Bonchev–Trinajstić information content (AvgIpc) is 3.74. The second-order valence-corrected chi connectivity index (χ2v) is 20.8. The van der Waals surface area contributed by atoms with Crippen molar-refractivity contribution in [2.75, 3.05) is 25.0 Å². The minimum Gasteiger partial charge on any atom is -0.507 e. The number of hydrogen-bond donors (Lipinski definition) is 5. The predicted octanol–water partition coefficient (Wildman–Crippen LogP) is 7.46. The fourth-order valence-electron chi connectivity index (χ4n) is 10.3. The third-order valence-corrected chi connectivity index (χ3v) is 13.9. The number of ketones is 1. The second-order valence-electron chi connectivity index (χ2n) is 20.8. The number of anilines is 1. The van der Waals surface area contributed by atoms with Crippen LogP contribution in [0, 0.1) is 42.4 Å². The highest BCUT2D eigenvalue weighted by molar-refractivity contribution is 6.20. The number of fused-ring (bicyclic) bond motifs is 13. The number of piperidine rings is 1. The van der Waals surface area contributed by atoms with Gasteiger partial charge in [-0.3, -0.25) is 29.2 Å². The lowest BCUT2D eigenvalue weighted by molar-refractivity contribution is -0.237. The van der Waals surface area contributed by atoms with Crippen LogP contribution in [0.5, 0.6) is 17.2 Å². The molecule has 5 heterocycles. The molecule has 67 heavy (non-hydrogen) atoms. The topological polar surface area (TPSA) is 217 Å². The number of likely N-dealkylation sites (tertiary alicyclic amines) is 1. The highest BCUT2D eigenvalue weighted by Crippen LogP contribution is 2.50. The van der Waals surface area contributed by atoms with Crippen LogP contribution < -0.4 is 20.8 Å². The summed E-state index contributed by atoms with van der Waals surface area (Å²) in [6, 6.07) is 0. The van der Waals surface area contributed by atoms with Gasteiger partial charge >= 0.3 is 11.9 Å². The number of allylic oxidation sites excluding steroid dienone is 4. The van der Waals surface area contributed by atoms with Crippen LogP contribution in [0.15, 0.2) is 45.9 Å². The Morgan fingerprint density at radius 2 is 1.64 bits per heavy atom. The first-order chi connectivity index (χ1) is 31.3. The third kappa shape index (κ3) is 10.6. The molecule has 0 aliphatic carbocycles. The number of nitrogens with one attached hydrogen (secondary N) is 1. The van der Waals surface area contributed by atoms with Crippen molar-refractivity contribution in [1.29, 1.82) is 0 Å². The van der Waals surface area contributed by atoms with Gasteiger partial charge in [-0.2, -0.15) is 0 Å². The van der Waals surface area contributed by atoms with Crippen LogP contribution >= 0.6 is 0 Å². The summed E-state index contributed by atoms with van der Waals surface area (Å²) in [5.74, 6) is -7.26. The van der Waals surface area contributed by atoms with E-state index in [0.717, 1.165) is 19.6 Å². The number of carbonyl (C=O) groups is 4. The quantitative estimate of drug-likeness (QED) is 0.0574. The number of benzene rings is 2. The smallest absolute Gasteiger partial charge is 0.320 e. The molecule has 2 aromatic rings. The number of carboxylic acid groups (broad SMARTS) is 1. The number of ether oxygens (including phenoxy) is 3. The number of Topliss-reactive ketones (excluding diaryl/α,β-unsaturated/α-hetero) is 1. The van der Waals surface area contributed by atoms with Gasteiger partial charge in [0.1, 0.15) is 28.6 Å². The van der Waals surface area contributed by atoms with Gasteiger partial charge in [0.25, 0.3) is 5.91 Å². The lowest BCUT2D eigenvalue weighted by Crippen LogP contribution is -2.46. The minimum atomic E-state index is -1.56. The van der Waals surface area contributed by atoms with E-state index in [4.69, 9.17) is 24.2 Å². The Morgan fingerprint density at radius 1 is 0.985 bits per heavy atom. The number of aromatic hydroxyl groups is 2. The molecule has 5 N–H and O–H groups in total. The van der Waals surface area contributed by atoms with E-state index in [0.29, 0.717) is 42.5 Å². The molecule has 0 saturated carbocycles. The van der Waals surface area contributed by atoms with Crippen LogP contribution in [0.4, 0.5) is 5.69 Å². The van der Waals surface area contributed by atoms with Crippen LogP contribution in [-0.2, 0) is 23.9 Å². The van der Waals surface area contributed by atoms with E-state index in [9.17, 15) is 39.6 Å². The predicted molar refractivity (Wildman–Crippen MR) is 255 cm³/mol. The van der Waals surface area contributed by atoms with Crippen molar-refractivity contribution in [3.05, 3.63) is 57.8 Å². The molecule has 15 nitrogen and oxygen atoms in total. The van der Waals surface area contributed by atoms with Gasteiger partial charge in [-0.25, -0.2) is 0 Å². The third-order valence-electron chi connectivity index (χ3n) is 13.9. The largest absolute Gasteiger partial charge is 0.507 e. The zero-order chi connectivity index (χ0) is 49.5. The van der Waals surface area contributed by atoms with Crippen LogP contribution in [0.3, 0.4) is 0 Å². The standard InChI is InChI=1S/C52H72N4O11/c1-13-34(48(61)62)49(63)65-43-29(5)18-14-15-20-51(12)46(59)37-35-36(41(57)32(8)45(37)67-51)42(58)40(39-38(35)54-52(55-39)21-23-56(24-22-52)26-27(2)3)53-47(60)30(6)19-16-17-28(4)25-31(7)44(33(43)9)66-50(10,11)64/h14-17,19,27-29,31,33-34,43-44,57-58,64H,13,18,20-26H2,1-12H3,(H,53,60)(H,61,62)/b15-14+,17-16+,30-19-/t28-,29+,31+,33-,34?,43+,44+,51+/m0/s1. The van der Waals surface area contributed by atoms with E-state index >= 15 is 0 Å². The first kappa shape index (κ1) is 51.3. The highest BCUT2D eigenvalue weighted by Gasteiger charge is 2.48. The molecule has 366 valence electrons. The molecule has 8 atom stereocenters. The highest BCUT2D eigenvalue weighted by atomic mass is 16.6. The fourth-order valence-corrected chi connectivity index (χ4v) is 10.3. The van der Waals surface area contributed by atoms with E-state index < -0.39 is 64.7 Å². The molecule has 1 unspecified atom stereocenters. The summed E-state index contributed by atoms with van der Waals surface area (Å²) in [4.78, 5) is 67.4. The summed E-state index contributed by atoms with van der Waals surface area (Å²) >= 11 is 0. The number of aliphatic carboxylic acids is 1. The zero-order valence-corrected chi connectivity index (χ0v) is 41.4. The van der Waals surface area contributed by atoms with Crippen LogP contribution in [0.25, 0.3) is 10.8 Å². The van der Waals surface area contributed by atoms with E-state index in [1.165, 1.54) is 13.8 Å². The van der Waals surface area contributed by atoms with Crippen molar-refractivity contribution in [3.8, 4) is 17.2 Å². The van der Waals surface area contributed by atoms with Gasteiger partial charge < -0.3 is 44.9 Å². The SMILES string of the molecule is CCC(C(=O)O)C(=O)O[C@H]1[C@H](C)[C@H](OC(C)(C)O)[C@H](C)C[C@@H](C)/C=C/C=C(/C)C(=O)Nc2c(O)c3c(O)c(C)c4c(c3c3c2=NC2(CCN(CC(C)C)CC2)N=3)C(=O)[C@@](C)(C/C=C/C[C@H]1C)O4. The van der Waals surface area contributed by atoms with E-state index in [-0.39, 0.29) is 80.8 Å². The molecule has 15 heteroatoms. The maximum absolute atomic E-state index is 14.9. The molecule has 7 rings (SSSR count). The summed E-state index contributed by atoms with van der Waals surface area (Å²) in [7, 11) is 0. The molecule has 5 bridgehead atoms. The molecule has 1 amide bonds. The average molecular weight is 929 g/mol. The van der Waals surface area contributed by atoms with Gasteiger partial charge in [-0.15, -0.1) is 0 Å². The number of esters is 1. The van der Waals surface area contributed by atoms with Gasteiger partial charge in [-0.05, 0) is 77.6 Å². The number of phenolic OH excluding ortho intramolecular Hbond substituents is 2. The Labute approximate surface area is 394 Å². The number of phenols is 2. The van der Waals surface area contributed by atoms with Crippen molar-refractivity contribution >= 4 is 40.1 Å². The number of hydrogen-bond acceptors (Lipinski definition) is 13. The molecule has 0 radical (unpaired) electrons. The first-order valence-electron chi connectivity index (χ1n) is 24.0. The zero-order valence-electron chi connectivity index (χ0n) is 41.4. The molecule has 1 saturated heterocycles. The number of aliphatic hydroxyl groups is 1. The Balaban J connectivity index is 1.49. The normalized spacial score (nSPS) is 29.4. The summed E-state index contributed by atoms with van der Waals surface area (Å²) < 4.78 is 19.0. The Morgan fingerprint density at radius 3 is 2.25 bits per heavy atom. The Kier molecular flexibility index (Phi) is 15.2. The van der Waals surface area contributed by atoms with Crippen molar-refractivity contribution in [2.24, 2.45) is 45.5 Å². The number of carboxylic acids is 1. The van der Waals surface area contributed by atoms with Crippen LogP contribution in [0.2, 0.25) is 0 Å². The molecule has 1 fully saturated rings. The van der Waals surface area contributed by atoms with Gasteiger partial charge in [0.05, 0.1) is 22.4 Å². The van der Waals surface area contributed by atoms with Crippen molar-refractivity contribution in [3.63, 3.8) is 0 Å². The summed E-state index contributed by atoms with van der Waals surface area (Å²) in [5, 5.41) is 48.6. The molecule has 5 aliphatic heterocycles. The summed E-state index contributed by atoms with van der Waals surface area (Å²) in [6.45, 7) is 24.1. The van der Waals surface area contributed by atoms with Crippen LogP contribution in [0.1, 0.15) is 131 Å². The monoisotopic (exact) mass is 929 g/mol. The second kappa shape index (κ2) is 19.8. The molecular formula is C52H72N4O11. The van der Waals surface area contributed by atoms with Gasteiger partial charge in [0, 0.05) is 61.3 Å². The number of carbonyl (C=O) groups excluding carboxylic acids is 3. The maximum atomic E-state index is 14.9. The summed E-state index contributed by atoms with van der Waals surface area (Å²) in [6.07, 6.45) is 9.78. The molecule has 0 aromatic heterocycles. The van der Waals surface area contributed by atoms with Crippen molar-refractivity contribution < 1.29 is 53.8 Å². The Bertz CT molecular complexity index is 2500. The lowest BCUT2D eigenvalue weighted by Gasteiger charge is -2.40. The van der Waals surface area contributed by atoms with E-state index in [1.807, 2.05) is 45.9 Å². The van der Waals surface area contributed by atoms with Crippen molar-refractivity contribution in [1.82, 2.24) is 4.90 Å². The lowest BCUT2D eigenvalue weighted by atomic mass is 9.79. The maximum Gasteiger partial charge on any atom is 0.320 e. The summed E-state index contributed by atoms with van der Waals surface area (Å²) in [5.41, 5.74) is -1.67. The number of rotatable bonds is 8. The molecular weight excluding hydrogens is 857 g/mol. The van der Waals surface area contributed by atoms with Gasteiger partial charge in [0.2, 0.25) is 5.78 Å². The van der Waals surface area contributed by atoms with Crippen molar-refractivity contribution in [2.45, 2.75) is 151 Å². The van der Waals surface area contributed by atoms with Gasteiger partial charge in [0.15, 0.2) is 28.7 Å². The number of nitrogens with zero attached hydrogens (tertiary/aromatic N) is 3. The van der Waals surface area contributed by atoms with E-state index in [2.05, 4.69) is 24.1 Å².